The summed E-state index contributed by atoms with van der Waals surface area (Å²) in [5.74, 6) is -0.965. The molecule has 0 atom stereocenters. The van der Waals surface area contributed by atoms with Crippen molar-refractivity contribution in [2.45, 2.75) is 0 Å². The van der Waals surface area contributed by atoms with Gasteiger partial charge in [0.25, 0.3) is 0 Å². The number of nitrogens with zero attached hydrogens (tertiary/aromatic N) is 2. The number of aromatic carboxylic acids is 1. The van der Waals surface area contributed by atoms with Crippen LogP contribution in [0, 0.1) is 0 Å². The smallest absolute Gasteiger partial charge is 0.335 e. The summed E-state index contributed by atoms with van der Waals surface area (Å²) in [4.78, 5) is 18.9. The second-order valence-corrected chi connectivity index (χ2v) is 3.31. The lowest BCUT2D eigenvalue weighted by molar-refractivity contribution is 0.0697. The average molecular weight is 230 g/mol. The molecule has 0 unspecified atom stereocenters. The molecule has 0 aliphatic carbocycles. The number of benzene rings is 1. The maximum absolute atomic E-state index is 10.9. The summed E-state index contributed by atoms with van der Waals surface area (Å²) in [5, 5.41) is 8.90. The van der Waals surface area contributed by atoms with E-state index in [0.717, 1.165) is 0 Å². The van der Waals surface area contributed by atoms with Gasteiger partial charge in [-0.3, -0.25) is 0 Å². The van der Waals surface area contributed by atoms with Gasteiger partial charge in [-0.05, 0) is 18.2 Å². The van der Waals surface area contributed by atoms with Gasteiger partial charge in [0.1, 0.15) is 0 Å². The molecule has 0 aliphatic heterocycles. The summed E-state index contributed by atoms with van der Waals surface area (Å²) in [6.07, 6.45) is 1.56. The van der Waals surface area contributed by atoms with E-state index in [0.29, 0.717) is 11.3 Å². The summed E-state index contributed by atoms with van der Waals surface area (Å²) in [5.41, 5.74) is 1.56. The van der Waals surface area contributed by atoms with Crippen LogP contribution >= 0.6 is 0 Å². The molecule has 0 saturated heterocycles. The number of rotatable bonds is 3. The van der Waals surface area contributed by atoms with Gasteiger partial charge in [0.05, 0.1) is 18.4 Å². The Bertz CT molecular complexity index is 555. The van der Waals surface area contributed by atoms with Crippen molar-refractivity contribution >= 4 is 5.97 Å². The van der Waals surface area contributed by atoms with E-state index >= 15 is 0 Å². The molecule has 2 aromatic rings. The second kappa shape index (κ2) is 4.61. The number of ether oxygens (including phenoxy) is 1. The van der Waals surface area contributed by atoms with Crippen molar-refractivity contribution in [3.63, 3.8) is 0 Å². The quantitative estimate of drug-likeness (QED) is 0.871. The zero-order chi connectivity index (χ0) is 12.3. The van der Waals surface area contributed by atoms with Gasteiger partial charge in [0, 0.05) is 11.8 Å². The van der Waals surface area contributed by atoms with Crippen LogP contribution in [0.25, 0.3) is 11.3 Å². The monoisotopic (exact) mass is 230 g/mol. The molecule has 0 saturated carbocycles. The number of carboxylic acid groups (broad SMARTS) is 1. The number of hydrogen-bond acceptors (Lipinski definition) is 4. The number of hydrogen-bond donors (Lipinski definition) is 1. The zero-order valence-electron chi connectivity index (χ0n) is 9.12. The van der Waals surface area contributed by atoms with Gasteiger partial charge in [0.15, 0.2) is 0 Å². The van der Waals surface area contributed by atoms with E-state index in [1.54, 1.807) is 30.5 Å². The Hall–Kier alpha value is -2.43. The zero-order valence-corrected chi connectivity index (χ0v) is 9.12. The molecule has 1 aromatic heterocycles. The van der Waals surface area contributed by atoms with Gasteiger partial charge in [-0.1, -0.05) is 12.1 Å². The Morgan fingerprint density at radius 2 is 2.18 bits per heavy atom. The fourth-order valence-electron chi connectivity index (χ4n) is 1.41. The molecule has 1 aromatic carbocycles. The minimum atomic E-state index is -0.965. The van der Waals surface area contributed by atoms with Crippen LogP contribution in [0.2, 0.25) is 0 Å². The lowest BCUT2D eigenvalue weighted by Gasteiger charge is -2.03. The third kappa shape index (κ3) is 2.39. The fraction of sp³-hybridized carbons (Fsp3) is 0.0833. The lowest BCUT2D eigenvalue weighted by Crippen LogP contribution is -1.97. The van der Waals surface area contributed by atoms with E-state index in [2.05, 4.69) is 9.97 Å². The summed E-state index contributed by atoms with van der Waals surface area (Å²) < 4.78 is 4.92. The van der Waals surface area contributed by atoms with E-state index in [-0.39, 0.29) is 11.6 Å². The van der Waals surface area contributed by atoms with E-state index in [1.165, 1.54) is 13.2 Å². The number of methoxy groups -OCH3 is 1. The largest absolute Gasteiger partial charge is 0.478 e. The first-order valence-corrected chi connectivity index (χ1v) is 4.91. The molecule has 0 radical (unpaired) electrons. The maximum atomic E-state index is 10.9. The van der Waals surface area contributed by atoms with Gasteiger partial charge in [-0.15, -0.1) is 0 Å². The third-order valence-corrected chi connectivity index (χ3v) is 2.22. The molecule has 5 heteroatoms. The molecular formula is C12H10N2O3. The minimum absolute atomic E-state index is 0.222. The topological polar surface area (TPSA) is 72.3 Å². The highest BCUT2D eigenvalue weighted by molar-refractivity contribution is 5.89. The lowest BCUT2D eigenvalue weighted by atomic mass is 10.1. The Kier molecular flexibility index (Phi) is 3.00. The van der Waals surface area contributed by atoms with Crippen molar-refractivity contribution < 1.29 is 14.6 Å². The third-order valence-electron chi connectivity index (χ3n) is 2.22. The molecule has 5 nitrogen and oxygen atoms in total. The predicted molar refractivity (Wildman–Crippen MR) is 61.0 cm³/mol. The molecule has 2 rings (SSSR count). The van der Waals surface area contributed by atoms with E-state index in [9.17, 15) is 4.79 Å². The normalized spacial score (nSPS) is 9.94. The molecule has 0 bridgehead atoms. The standard InChI is InChI=1S/C12H10N2O3/c1-17-12-13-6-5-10(14-12)8-3-2-4-9(7-8)11(15)16/h2-7H,1H3,(H,15,16). The van der Waals surface area contributed by atoms with Crippen molar-refractivity contribution in [3.8, 4) is 17.3 Å². The highest BCUT2D eigenvalue weighted by atomic mass is 16.5. The van der Waals surface area contributed by atoms with Crippen molar-refractivity contribution in [3.05, 3.63) is 42.1 Å². The first-order chi connectivity index (χ1) is 8.20. The Morgan fingerprint density at radius 1 is 1.35 bits per heavy atom. The molecule has 17 heavy (non-hydrogen) atoms. The summed E-state index contributed by atoms with van der Waals surface area (Å²) in [6.45, 7) is 0. The molecule has 0 fully saturated rings. The SMILES string of the molecule is COc1nccc(-c2cccc(C(=O)O)c2)n1. The van der Waals surface area contributed by atoms with Gasteiger partial charge in [-0.2, -0.15) is 4.98 Å². The highest BCUT2D eigenvalue weighted by Gasteiger charge is 2.06. The van der Waals surface area contributed by atoms with Crippen molar-refractivity contribution in [2.24, 2.45) is 0 Å². The van der Waals surface area contributed by atoms with Crippen molar-refractivity contribution in [1.82, 2.24) is 9.97 Å². The van der Waals surface area contributed by atoms with Crippen LogP contribution in [0.4, 0.5) is 0 Å². The maximum Gasteiger partial charge on any atom is 0.335 e. The van der Waals surface area contributed by atoms with Gasteiger partial charge in [0.2, 0.25) is 0 Å². The van der Waals surface area contributed by atoms with Crippen LogP contribution in [0.15, 0.2) is 36.5 Å². The number of carboxylic acids is 1. The molecule has 1 heterocycles. The Labute approximate surface area is 97.7 Å². The van der Waals surface area contributed by atoms with E-state index < -0.39 is 5.97 Å². The number of aromatic nitrogens is 2. The molecule has 0 amide bonds. The van der Waals surface area contributed by atoms with Crippen LogP contribution in [-0.2, 0) is 0 Å². The van der Waals surface area contributed by atoms with Crippen molar-refractivity contribution in [2.75, 3.05) is 7.11 Å². The van der Waals surface area contributed by atoms with Crippen LogP contribution in [0.5, 0.6) is 6.01 Å². The fourth-order valence-corrected chi connectivity index (χ4v) is 1.41. The van der Waals surface area contributed by atoms with Crippen LogP contribution < -0.4 is 4.74 Å². The summed E-state index contributed by atoms with van der Waals surface area (Å²) >= 11 is 0. The molecule has 86 valence electrons. The number of carbonyl (C=O) groups is 1. The minimum Gasteiger partial charge on any atom is -0.478 e. The second-order valence-electron chi connectivity index (χ2n) is 3.31. The van der Waals surface area contributed by atoms with Crippen LogP contribution in [0.1, 0.15) is 10.4 Å². The average Bonchev–Trinajstić information content (AvgIpc) is 2.39. The highest BCUT2D eigenvalue weighted by Crippen LogP contribution is 2.19. The van der Waals surface area contributed by atoms with Crippen LogP contribution in [-0.4, -0.2) is 28.2 Å². The molecular weight excluding hydrogens is 220 g/mol. The Balaban J connectivity index is 2.45. The Morgan fingerprint density at radius 3 is 2.88 bits per heavy atom. The van der Waals surface area contributed by atoms with Gasteiger partial charge < -0.3 is 9.84 Å². The van der Waals surface area contributed by atoms with E-state index in [4.69, 9.17) is 9.84 Å². The molecule has 0 spiro atoms. The predicted octanol–water partition coefficient (Wildman–Crippen LogP) is 1.85. The first-order valence-electron chi connectivity index (χ1n) is 4.91. The van der Waals surface area contributed by atoms with Gasteiger partial charge in [-0.25, -0.2) is 9.78 Å². The van der Waals surface area contributed by atoms with Gasteiger partial charge >= 0.3 is 12.0 Å². The van der Waals surface area contributed by atoms with E-state index in [1.807, 2.05) is 0 Å². The summed E-state index contributed by atoms with van der Waals surface area (Å²) in [7, 11) is 1.48. The van der Waals surface area contributed by atoms with Crippen LogP contribution in [0.3, 0.4) is 0 Å². The molecule has 0 aliphatic rings. The molecule has 1 N–H and O–H groups in total. The van der Waals surface area contributed by atoms with Crippen molar-refractivity contribution in [1.29, 1.82) is 0 Å². The first kappa shape index (κ1) is 11.1. The summed E-state index contributed by atoms with van der Waals surface area (Å²) in [6, 6.07) is 8.50.